The molecule has 0 spiro atoms. The highest BCUT2D eigenvalue weighted by molar-refractivity contribution is 5.82. The molecular formula is C25H29N3O2. The van der Waals surface area contributed by atoms with E-state index in [1.54, 1.807) is 11.6 Å². The summed E-state index contributed by atoms with van der Waals surface area (Å²) in [7, 11) is 1.78. The second-order valence-corrected chi connectivity index (χ2v) is 8.73. The molecule has 0 unspecified atom stereocenters. The van der Waals surface area contributed by atoms with Gasteiger partial charge in [0, 0.05) is 31.7 Å². The number of fused-ring (bicyclic) bond motifs is 1. The topological polar surface area (TPSA) is 47.4 Å². The maximum Gasteiger partial charge on any atom is 0.261 e. The molecule has 0 amide bonds. The third-order valence-corrected chi connectivity index (χ3v) is 6.79. The minimum atomic E-state index is -0.0164. The molecule has 3 aromatic rings. The Kier molecular flexibility index (Phi) is 5.07. The molecule has 1 saturated carbocycles. The van der Waals surface area contributed by atoms with Crippen LogP contribution < -0.4 is 10.3 Å². The van der Waals surface area contributed by atoms with Crippen molar-refractivity contribution in [3.8, 4) is 17.1 Å². The molecule has 0 N–H and O–H groups in total. The first-order chi connectivity index (χ1) is 14.6. The molecule has 5 heteroatoms. The lowest BCUT2D eigenvalue weighted by Crippen LogP contribution is -2.46. The summed E-state index contributed by atoms with van der Waals surface area (Å²) < 4.78 is 7.89. The number of para-hydroxylation sites is 1. The van der Waals surface area contributed by atoms with Crippen molar-refractivity contribution in [3.63, 3.8) is 0 Å². The summed E-state index contributed by atoms with van der Waals surface area (Å²) in [5.74, 6) is 1.57. The van der Waals surface area contributed by atoms with E-state index < -0.39 is 0 Å². The van der Waals surface area contributed by atoms with Crippen LogP contribution in [0.5, 0.6) is 5.75 Å². The molecule has 5 nitrogen and oxygen atoms in total. The summed E-state index contributed by atoms with van der Waals surface area (Å²) in [5, 5.41) is 0.662. The Morgan fingerprint density at radius 3 is 2.40 bits per heavy atom. The zero-order valence-corrected chi connectivity index (χ0v) is 17.8. The zero-order valence-electron chi connectivity index (χ0n) is 17.8. The smallest absolute Gasteiger partial charge is 0.261 e. The van der Waals surface area contributed by atoms with Gasteiger partial charge in [-0.05, 0) is 68.5 Å². The van der Waals surface area contributed by atoms with Crippen molar-refractivity contribution in [1.82, 2.24) is 14.5 Å². The fourth-order valence-corrected chi connectivity index (χ4v) is 4.68. The van der Waals surface area contributed by atoms with Crippen LogP contribution in [-0.4, -0.2) is 39.7 Å². The van der Waals surface area contributed by atoms with E-state index in [1.807, 2.05) is 49.4 Å². The summed E-state index contributed by atoms with van der Waals surface area (Å²) in [5.41, 5.74) is 2.69. The number of aryl methyl sites for hydroxylation is 1. The monoisotopic (exact) mass is 403 g/mol. The highest BCUT2D eigenvalue weighted by atomic mass is 16.5. The third-order valence-electron chi connectivity index (χ3n) is 6.79. The first-order valence-corrected chi connectivity index (χ1v) is 11.1. The lowest BCUT2D eigenvalue weighted by molar-refractivity contribution is 0.0493. The van der Waals surface area contributed by atoms with Crippen LogP contribution in [0.25, 0.3) is 22.3 Å². The van der Waals surface area contributed by atoms with Gasteiger partial charge in [0.25, 0.3) is 5.56 Å². The van der Waals surface area contributed by atoms with E-state index in [1.165, 1.54) is 19.3 Å². The number of benzene rings is 2. The lowest BCUT2D eigenvalue weighted by atomic mass is 9.90. The van der Waals surface area contributed by atoms with E-state index in [4.69, 9.17) is 9.72 Å². The van der Waals surface area contributed by atoms with Gasteiger partial charge in [0.2, 0.25) is 0 Å². The Hall–Kier alpha value is -2.66. The van der Waals surface area contributed by atoms with Gasteiger partial charge < -0.3 is 9.64 Å². The van der Waals surface area contributed by atoms with Crippen molar-refractivity contribution in [2.75, 3.05) is 13.1 Å². The molecule has 1 saturated heterocycles. The molecular weight excluding hydrogens is 374 g/mol. The van der Waals surface area contributed by atoms with Gasteiger partial charge in [-0.2, -0.15) is 0 Å². The fourth-order valence-electron chi connectivity index (χ4n) is 4.68. The zero-order chi connectivity index (χ0) is 20.7. The van der Waals surface area contributed by atoms with Crippen molar-refractivity contribution < 1.29 is 4.74 Å². The fraction of sp³-hybridized carbons (Fsp3) is 0.440. The second-order valence-electron chi connectivity index (χ2n) is 8.73. The van der Waals surface area contributed by atoms with Crippen LogP contribution in [0, 0.1) is 6.92 Å². The van der Waals surface area contributed by atoms with Gasteiger partial charge in [0.15, 0.2) is 0 Å². The SMILES string of the molecule is Cc1cccc2c(=O)n(C)c(-c3ccc(OC4CCN(C5CCC5)CC4)cc3)nc12. The van der Waals surface area contributed by atoms with E-state index >= 15 is 0 Å². The summed E-state index contributed by atoms with van der Waals surface area (Å²) >= 11 is 0. The Balaban J connectivity index is 1.32. The first kappa shape index (κ1) is 19.3. The van der Waals surface area contributed by atoms with E-state index in [0.717, 1.165) is 54.4 Å². The van der Waals surface area contributed by atoms with E-state index in [0.29, 0.717) is 11.2 Å². The van der Waals surface area contributed by atoms with Gasteiger partial charge >= 0.3 is 0 Å². The largest absolute Gasteiger partial charge is 0.490 e. The molecule has 5 rings (SSSR count). The Bertz CT molecular complexity index is 1110. The number of nitrogens with zero attached hydrogens (tertiary/aromatic N) is 3. The maximum absolute atomic E-state index is 12.8. The number of rotatable bonds is 4. The minimum Gasteiger partial charge on any atom is -0.490 e. The molecule has 2 aliphatic rings. The Morgan fingerprint density at radius 2 is 1.73 bits per heavy atom. The third kappa shape index (κ3) is 3.52. The number of hydrogen-bond donors (Lipinski definition) is 0. The second kappa shape index (κ2) is 7.88. The molecule has 30 heavy (non-hydrogen) atoms. The van der Waals surface area contributed by atoms with Crippen LogP contribution in [0.3, 0.4) is 0 Å². The number of hydrogen-bond acceptors (Lipinski definition) is 4. The number of ether oxygens (including phenoxy) is 1. The average Bonchev–Trinajstić information content (AvgIpc) is 2.72. The van der Waals surface area contributed by atoms with Gasteiger partial charge in [-0.15, -0.1) is 0 Å². The van der Waals surface area contributed by atoms with E-state index in [-0.39, 0.29) is 11.7 Å². The maximum atomic E-state index is 12.8. The van der Waals surface area contributed by atoms with Gasteiger partial charge in [-0.3, -0.25) is 9.36 Å². The van der Waals surface area contributed by atoms with Crippen LogP contribution in [0.2, 0.25) is 0 Å². The average molecular weight is 404 g/mol. The van der Waals surface area contributed by atoms with Crippen molar-refractivity contribution in [1.29, 1.82) is 0 Å². The van der Waals surface area contributed by atoms with Crippen LogP contribution in [-0.2, 0) is 7.05 Å². The number of aromatic nitrogens is 2. The molecule has 1 aliphatic heterocycles. The summed E-state index contributed by atoms with van der Waals surface area (Å²) in [6.07, 6.45) is 6.62. The van der Waals surface area contributed by atoms with E-state index in [9.17, 15) is 4.79 Å². The van der Waals surface area contributed by atoms with Crippen molar-refractivity contribution in [2.45, 2.75) is 51.2 Å². The van der Waals surface area contributed by atoms with Crippen LogP contribution in [0.15, 0.2) is 47.3 Å². The molecule has 1 aliphatic carbocycles. The molecule has 1 aromatic heterocycles. The van der Waals surface area contributed by atoms with Crippen molar-refractivity contribution >= 4 is 10.9 Å². The molecule has 2 fully saturated rings. The molecule has 156 valence electrons. The highest BCUT2D eigenvalue weighted by Gasteiger charge is 2.29. The normalized spacial score (nSPS) is 18.5. The predicted octanol–water partition coefficient (Wildman–Crippen LogP) is 4.30. The summed E-state index contributed by atoms with van der Waals surface area (Å²) in [4.78, 5) is 20.2. The van der Waals surface area contributed by atoms with E-state index in [2.05, 4.69) is 4.90 Å². The molecule has 2 aromatic carbocycles. The summed E-state index contributed by atoms with van der Waals surface area (Å²) in [6, 6.07) is 14.6. The van der Waals surface area contributed by atoms with Crippen LogP contribution in [0.1, 0.15) is 37.7 Å². The lowest BCUT2D eigenvalue weighted by Gasteiger charge is -2.41. The molecule has 0 bridgehead atoms. The van der Waals surface area contributed by atoms with Gasteiger partial charge in [-0.1, -0.05) is 18.6 Å². The number of piperidine rings is 1. The van der Waals surface area contributed by atoms with Gasteiger partial charge in [0.05, 0.1) is 10.9 Å². The standard InChI is InChI=1S/C25H29N3O2/c1-17-5-3-8-22-23(17)26-24(27(2)25(22)29)18-9-11-20(12-10-18)30-21-13-15-28(16-14-21)19-6-4-7-19/h3,5,8-12,19,21H,4,6-7,13-16H2,1-2H3. The minimum absolute atomic E-state index is 0.0164. The van der Waals surface area contributed by atoms with Crippen molar-refractivity contribution in [2.24, 2.45) is 7.05 Å². The Labute approximate surface area is 177 Å². The molecule has 0 radical (unpaired) electrons. The van der Waals surface area contributed by atoms with Crippen LogP contribution in [0.4, 0.5) is 0 Å². The van der Waals surface area contributed by atoms with Gasteiger partial charge in [0.1, 0.15) is 17.7 Å². The molecule has 0 atom stereocenters. The Morgan fingerprint density at radius 1 is 1.00 bits per heavy atom. The molecule has 2 heterocycles. The van der Waals surface area contributed by atoms with Crippen molar-refractivity contribution in [3.05, 3.63) is 58.4 Å². The van der Waals surface area contributed by atoms with Gasteiger partial charge in [-0.25, -0.2) is 4.98 Å². The predicted molar refractivity (Wildman–Crippen MR) is 120 cm³/mol. The quantitative estimate of drug-likeness (QED) is 0.651. The van der Waals surface area contributed by atoms with Crippen LogP contribution >= 0.6 is 0 Å². The first-order valence-electron chi connectivity index (χ1n) is 11.1. The number of likely N-dealkylation sites (tertiary alicyclic amines) is 1. The summed E-state index contributed by atoms with van der Waals surface area (Å²) in [6.45, 7) is 4.29. The highest BCUT2D eigenvalue weighted by Crippen LogP contribution is 2.29.